The fourth-order valence-corrected chi connectivity index (χ4v) is 2.07. The molecule has 1 aliphatic rings. The molecule has 21 heavy (non-hydrogen) atoms. The maximum atomic E-state index is 12.5. The van der Waals surface area contributed by atoms with Gasteiger partial charge in [-0.15, -0.1) is 0 Å². The molecule has 1 saturated carbocycles. The van der Waals surface area contributed by atoms with Crippen LogP contribution < -0.4 is 4.74 Å². The third-order valence-electron chi connectivity index (χ3n) is 3.55. The lowest BCUT2D eigenvalue weighted by Gasteiger charge is -2.21. The Morgan fingerprint density at radius 1 is 1.33 bits per heavy atom. The minimum absolute atomic E-state index is 0.0509. The first-order chi connectivity index (χ1) is 10.1. The molecule has 0 bridgehead atoms. The number of carbonyl (C=O) groups excluding carboxylic acids is 1. The predicted octanol–water partition coefficient (Wildman–Crippen LogP) is 2.41. The standard InChI is InChI=1S/C16H21NO4/c1-2-17(10-9-15(18)19)16(20)13-5-3-4-6-14(13)21-11-12-7-8-12/h3-6,12H,2,7-11H2,1H3,(H,18,19). The summed E-state index contributed by atoms with van der Waals surface area (Å²) < 4.78 is 5.74. The second kappa shape index (κ2) is 7.11. The SMILES string of the molecule is CCN(CCC(=O)O)C(=O)c1ccccc1OCC1CC1. The third-order valence-corrected chi connectivity index (χ3v) is 3.55. The molecule has 1 fully saturated rings. The van der Waals surface area contributed by atoms with Gasteiger partial charge in [-0.3, -0.25) is 9.59 Å². The molecule has 0 aromatic heterocycles. The Morgan fingerprint density at radius 2 is 2.05 bits per heavy atom. The van der Waals surface area contributed by atoms with Crippen molar-refractivity contribution in [3.8, 4) is 5.75 Å². The van der Waals surface area contributed by atoms with Crippen LogP contribution in [0.5, 0.6) is 5.75 Å². The lowest BCUT2D eigenvalue weighted by atomic mass is 10.1. The topological polar surface area (TPSA) is 66.8 Å². The quantitative estimate of drug-likeness (QED) is 0.798. The van der Waals surface area contributed by atoms with Gasteiger partial charge in [-0.25, -0.2) is 0 Å². The van der Waals surface area contributed by atoms with E-state index in [-0.39, 0.29) is 18.9 Å². The molecule has 1 aromatic carbocycles. The van der Waals surface area contributed by atoms with Crippen LogP contribution in [0, 0.1) is 5.92 Å². The van der Waals surface area contributed by atoms with Gasteiger partial charge in [0.15, 0.2) is 0 Å². The number of rotatable bonds is 8. The first kappa shape index (κ1) is 15.4. The summed E-state index contributed by atoms with van der Waals surface area (Å²) in [5, 5.41) is 8.75. The molecule has 0 aliphatic heterocycles. The number of aliphatic carboxylic acids is 1. The largest absolute Gasteiger partial charge is 0.492 e. The van der Waals surface area contributed by atoms with E-state index in [0.717, 1.165) is 0 Å². The van der Waals surface area contributed by atoms with Gasteiger partial charge in [0.25, 0.3) is 5.91 Å². The van der Waals surface area contributed by atoms with Gasteiger partial charge < -0.3 is 14.7 Å². The maximum Gasteiger partial charge on any atom is 0.305 e. The zero-order valence-electron chi connectivity index (χ0n) is 12.2. The van der Waals surface area contributed by atoms with E-state index < -0.39 is 5.97 Å². The minimum Gasteiger partial charge on any atom is -0.492 e. The van der Waals surface area contributed by atoms with Crippen LogP contribution in [-0.2, 0) is 4.79 Å². The normalized spacial score (nSPS) is 13.8. The number of nitrogens with zero attached hydrogens (tertiary/aromatic N) is 1. The fourth-order valence-electron chi connectivity index (χ4n) is 2.07. The van der Waals surface area contributed by atoms with E-state index in [9.17, 15) is 9.59 Å². The van der Waals surface area contributed by atoms with Crippen LogP contribution >= 0.6 is 0 Å². The zero-order chi connectivity index (χ0) is 15.2. The number of carboxylic acids is 1. The smallest absolute Gasteiger partial charge is 0.305 e. The number of carboxylic acid groups (broad SMARTS) is 1. The molecule has 1 aliphatic carbocycles. The van der Waals surface area contributed by atoms with Gasteiger partial charge in [-0.2, -0.15) is 0 Å². The Kier molecular flexibility index (Phi) is 5.20. The van der Waals surface area contributed by atoms with Crippen LogP contribution in [-0.4, -0.2) is 41.6 Å². The highest BCUT2D eigenvalue weighted by molar-refractivity contribution is 5.97. The van der Waals surface area contributed by atoms with Crippen molar-refractivity contribution in [1.82, 2.24) is 4.90 Å². The van der Waals surface area contributed by atoms with E-state index in [2.05, 4.69) is 0 Å². The van der Waals surface area contributed by atoms with Gasteiger partial charge in [-0.1, -0.05) is 12.1 Å². The van der Waals surface area contributed by atoms with Crippen molar-refractivity contribution in [2.45, 2.75) is 26.2 Å². The Hall–Kier alpha value is -2.04. The molecule has 114 valence electrons. The van der Waals surface area contributed by atoms with E-state index in [1.54, 1.807) is 18.2 Å². The molecule has 5 nitrogen and oxygen atoms in total. The summed E-state index contributed by atoms with van der Waals surface area (Å²) in [5.41, 5.74) is 0.505. The Balaban J connectivity index is 2.06. The molecule has 5 heteroatoms. The van der Waals surface area contributed by atoms with Gasteiger partial charge in [0.1, 0.15) is 5.75 Å². The zero-order valence-corrected chi connectivity index (χ0v) is 12.2. The monoisotopic (exact) mass is 291 g/mol. The highest BCUT2D eigenvalue weighted by atomic mass is 16.5. The summed E-state index contributed by atoms with van der Waals surface area (Å²) in [4.78, 5) is 24.7. The lowest BCUT2D eigenvalue weighted by molar-refractivity contribution is -0.137. The highest BCUT2D eigenvalue weighted by Gasteiger charge is 2.24. The van der Waals surface area contributed by atoms with E-state index >= 15 is 0 Å². The van der Waals surface area contributed by atoms with Crippen molar-refractivity contribution < 1.29 is 19.4 Å². The van der Waals surface area contributed by atoms with Gasteiger partial charge in [0, 0.05) is 13.1 Å². The molecule has 0 spiro atoms. The third kappa shape index (κ3) is 4.48. The number of ether oxygens (including phenoxy) is 1. The predicted molar refractivity (Wildman–Crippen MR) is 78.5 cm³/mol. The van der Waals surface area contributed by atoms with Crippen LogP contribution in [0.4, 0.5) is 0 Å². The van der Waals surface area contributed by atoms with Crippen LogP contribution in [0.3, 0.4) is 0 Å². The van der Waals surface area contributed by atoms with Crippen LogP contribution in [0.2, 0.25) is 0 Å². The van der Waals surface area contributed by atoms with E-state index in [4.69, 9.17) is 9.84 Å². The maximum absolute atomic E-state index is 12.5. The fraction of sp³-hybridized carbons (Fsp3) is 0.500. The lowest BCUT2D eigenvalue weighted by Crippen LogP contribution is -2.33. The summed E-state index contributed by atoms with van der Waals surface area (Å²) in [6.07, 6.45) is 2.33. The van der Waals surface area contributed by atoms with Crippen LogP contribution in [0.25, 0.3) is 0 Å². The summed E-state index contributed by atoms with van der Waals surface area (Å²) in [5.74, 6) is 0.121. The first-order valence-electron chi connectivity index (χ1n) is 7.34. The number of hydrogen-bond donors (Lipinski definition) is 1. The second-order valence-electron chi connectivity index (χ2n) is 5.28. The molecule has 1 aromatic rings. The summed E-state index contributed by atoms with van der Waals surface area (Å²) in [6.45, 7) is 3.17. The van der Waals surface area contributed by atoms with Gasteiger partial charge >= 0.3 is 5.97 Å². The number of para-hydroxylation sites is 1. The molecular weight excluding hydrogens is 270 g/mol. The Labute approximate surface area is 124 Å². The van der Waals surface area contributed by atoms with E-state index in [0.29, 0.717) is 30.4 Å². The molecule has 0 atom stereocenters. The molecule has 0 radical (unpaired) electrons. The summed E-state index contributed by atoms with van der Waals surface area (Å²) in [6, 6.07) is 7.16. The van der Waals surface area contributed by atoms with E-state index in [1.807, 2.05) is 13.0 Å². The van der Waals surface area contributed by atoms with E-state index in [1.165, 1.54) is 17.7 Å². The van der Waals surface area contributed by atoms with Crippen molar-refractivity contribution in [2.75, 3.05) is 19.7 Å². The van der Waals surface area contributed by atoms with Crippen molar-refractivity contribution in [3.63, 3.8) is 0 Å². The van der Waals surface area contributed by atoms with Crippen molar-refractivity contribution in [3.05, 3.63) is 29.8 Å². The summed E-state index contributed by atoms with van der Waals surface area (Å²) in [7, 11) is 0. The Morgan fingerprint density at radius 3 is 2.67 bits per heavy atom. The molecule has 0 unspecified atom stereocenters. The number of carbonyl (C=O) groups is 2. The molecule has 1 amide bonds. The molecule has 0 heterocycles. The van der Waals surface area contributed by atoms with Crippen LogP contribution in [0.1, 0.15) is 36.5 Å². The summed E-state index contributed by atoms with van der Waals surface area (Å²) >= 11 is 0. The number of hydrogen-bond acceptors (Lipinski definition) is 3. The Bertz CT molecular complexity index is 511. The first-order valence-corrected chi connectivity index (χ1v) is 7.34. The average molecular weight is 291 g/mol. The number of benzene rings is 1. The van der Waals surface area contributed by atoms with Crippen LogP contribution in [0.15, 0.2) is 24.3 Å². The van der Waals surface area contributed by atoms with Gasteiger partial charge in [0.2, 0.25) is 0 Å². The average Bonchev–Trinajstić information content (AvgIpc) is 3.29. The van der Waals surface area contributed by atoms with Crippen molar-refractivity contribution in [2.24, 2.45) is 5.92 Å². The van der Waals surface area contributed by atoms with Crippen molar-refractivity contribution >= 4 is 11.9 Å². The highest BCUT2D eigenvalue weighted by Crippen LogP contribution is 2.30. The molecule has 2 rings (SSSR count). The number of amides is 1. The van der Waals surface area contributed by atoms with Gasteiger partial charge in [-0.05, 0) is 37.8 Å². The molecule has 1 N–H and O–H groups in total. The minimum atomic E-state index is -0.903. The van der Waals surface area contributed by atoms with Crippen molar-refractivity contribution in [1.29, 1.82) is 0 Å². The molecule has 0 saturated heterocycles. The van der Waals surface area contributed by atoms with Gasteiger partial charge in [0.05, 0.1) is 18.6 Å². The molecular formula is C16H21NO4. The second-order valence-corrected chi connectivity index (χ2v) is 5.28.